The quantitative estimate of drug-likeness (QED) is 0.586. The molecule has 0 aliphatic carbocycles. The Morgan fingerprint density at radius 3 is 2.24 bits per heavy atom. The number of carbonyl (C=O) groups is 2. The molecule has 0 amide bonds. The number of rotatable bonds is 4. The van der Waals surface area contributed by atoms with Gasteiger partial charge in [-0.2, -0.15) is 0 Å². The Labute approximate surface area is 172 Å². The van der Waals surface area contributed by atoms with Crippen LogP contribution in [0, 0.1) is 5.92 Å². The summed E-state index contributed by atoms with van der Waals surface area (Å²) < 4.78 is 4.72. The molecular weight excluding hydrogens is 364 g/mol. The summed E-state index contributed by atoms with van der Waals surface area (Å²) >= 11 is 0. The zero-order chi connectivity index (χ0) is 20.2. The first kappa shape index (κ1) is 19.6. The lowest BCUT2D eigenvalue weighted by molar-refractivity contribution is -0.159. The minimum atomic E-state index is -0.540. The molecule has 1 fully saturated rings. The SMILES string of the molecule is CC(=O)OC(=O)CN1CCCC(CN2c3ccccc3CCc3ccccc32)C1. The van der Waals surface area contributed by atoms with Gasteiger partial charge in [-0.1, -0.05) is 36.4 Å². The van der Waals surface area contributed by atoms with Crippen molar-refractivity contribution >= 4 is 23.3 Å². The molecule has 152 valence electrons. The Balaban J connectivity index is 1.52. The molecule has 4 rings (SSSR count). The summed E-state index contributed by atoms with van der Waals surface area (Å²) in [6.07, 6.45) is 4.29. The van der Waals surface area contributed by atoms with E-state index in [2.05, 4.69) is 58.3 Å². The second-order valence-corrected chi connectivity index (χ2v) is 8.08. The van der Waals surface area contributed by atoms with Gasteiger partial charge in [-0.25, -0.2) is 0 Å². The molecule has 0 spiro atoms. The van der Waals surface area contributed by atoms with E-state index in [9.17, 15) is 9.59 Å². The molecule has 0 bridgehead atoms. The standard InChI is InChI=1S/C24H28N2O3/c1-18(27)29-24(28)17-25-14-6-7-19(15-25)16-26-22-10-4-2-8-20(22)12-13-21-9-3-5-11-23(21)26/h2-5,8-11,19H,6-7,12-17H2,1H3. The highest BCUT2D eigenvalue weighted by Gasteiger charge is 2.27. The van der Waals surface area contributed by atoms with Gasteiger partial charge in [0.05, 0.1) is 6.54 Å². The van der Waals surface area contributed by atoms with Gasteiger partial charge in [-0.05, 0) is 61.4 Å². The Kier molecular flexibility index (Phi) is 5.95. The van der Waals surface area contributed by atoms with Crippen molar-refractivity contribution in [2.45, 2.75) is 32.6 Å². The third-order valence-electron chi connectivity index (χ3n) is 5.88. The zero-order valence-electron chi connectivity index (χ0n) is 17.0. The van der Waals surface area contributed by atoms with Crippen LogP contribution in [0.1, 0.15) is 30.9 Å². The normalized spacial score (nSPS) is 19.1. The fourth-order valence-corrected chi connectivity index (χ4v) is 4.64. The number of hydrogen-bond donors (Lipinski definition) is 0. The van der Waals surface area contributed by atoms with E-state index < -0.39 is 11.9 Å². The molecule has 29 heavy (non-hydrogen) atoms. The maximum atomic E-state index is 11.9. The maximum Gasteiger partial charge on any atom is 0.327 e. The molecule has 2 heterocycles. The summed E-state index contributed by atoms with van der Waals surface area (Å²) in [5.74, 6) is -0.543. The summed E-state index contributed by atoms with van der Waals surface area (Å²) in [6, 6.07) is 17.4. The lowest BCUT2D eigenvalue weighted by atomic mass is 9.96. The van der Waals surface area contributed by atoms with Gasteiger partial charge >= 0.3 is 11.9 Å². The first-order valence-corrected chi connectivity index (χ1v) is 10.5. The van der Waals surface area contributed by atoms with E-state index in [1.165, 1.54) is 29.4 Å². The van der Waals surface area contributed by atoms with Crippen LogP contribution in [0.15, 0.2) is 48.5 Å². The van der Waals surface area contributed by atoms with E-state index in [0.717, 1.165) is 45.3 Å². The van der Waals surface area contributed by atoms with E-state index in [-0.39, 0.29) is 6.54 Å². The Morgan fingerprint density at radius 1 is 1.00 bits per heavy atom. The maximum absolute atomic E-state index is 11.9. The van der Waals surface area contributed by atoms with Crippen LogP contribution in [-0.2, 0) is 27.2 Å². The Bertz CT molecular complexity index is 848. The Morgan fingerprint density at radius 2 is 1.62 bits per heavy atom. The number of para-hydroxylation sites is 2. The average Bonchev–Trinajstić information content (AvgIpc) is 2.85. The molecule has 5 heteroatoms. The molecule has 0 aromatic heterocycles. The number of likely N-dealkylation sites (tertiary alicyclic amines) is 1. The second-order valence-electron chi connectivity index (χ2n) is 8.08. The summed E-state index contributed by atoms with van der Waals surface area (Å²) in [7, 11) is 0. The predicted octanol–water partition coefficient (Wildman–Crippen LogP) is 3.73. The molecule has 0 radical (unpaired) electrons. The predicted molar refractivity (Wildman–Crippen MR) is 113 cm³/mol. The van der Waals surface area contributed by atoms with E-state index in [0.29, 0.717) is 5.92 Å². The highest BCUT2D eigenvalue weighted by Crippen LogP contribution is 2.37. The van der Waals surface area contributed by atoms with Gasteiger partial charge in [-0.3, -0.25) is 14.5 Å². The number of benzene rings is 2. The minimum Gasteiger partial charge on any atom is -0.392 e. The minimum absolute atomic E-state index is 0.184. The zero-order valence-corrected chi connectivity index (χ0v) is 17.0. The van der Waals surface area contributed by atoms with Crippen molar-refractivity contribution in [1.82, 2.24) is 4.90 Å². The molecule has 0 saturated carbocycles. The third-order valence-corrected chi connectivity index (χ3v) is 5.88. The largest absolute Gasteiger partial charge is 0.392 e. The van der Waals surface area contributed by atoms with Crippen molar-refractivity contribution in [3.05, 3.63) is 59.7 Å². The highest BCUT2D eigenvalue weighted by atomic mass is 16.6. The molecular formula is C24H28N2O3. The lowest BCUT2D eigenvalue weighted by Gasteiger charge is -2.36. The number of anilines is 2. The van der Waals surface area contributed by atoms with Gasteiger partial charge in [0.1, 0.15) is 0 Å². The molecule has 0 N–H and O–H groups in total. The van der Waals surface area contributed by atoms with Crippen LogP contribution >= 0.6 is 0 Å². The van der Waals surface area contributed by atoms with Crippen LogP contribution in [0.3, 0.4) is 0 Å². The number of nitrogens with zero attached hydrogens (tertiary/aromatic N) is 2. The van der Waals surface area contributed by atoms with Crippen LogP contribution in [0.4, 0.5) is 11.4 Å². The Hall–Kier alpha value is -2.66. The topological polar surface area (TPSA) is 49.9 Å². The van der Waals surface area contributed by atoms with Gasteiger partial charge < -0.3 is 9.64 Å². The molecule has 1 unspecified atom stereocenters. The van der Waals surface area contributed by atoms with Crippen molar-refractivity contribution in [3.63, 3.8) is 0 Å². The van der Waals surface area contributed by atoms with Crippen LogP contribution in [0.25, 0.3) is 0 Å². The molecule has 1 atom stereocenters. The second kappa shape index (κ2) is 8.78. The number of esters is 2. The van der Waals surface area contributed by atoms with Crippen LogP contribution in [0.2, 0.25) is 0 Å². The van der Waals surface area contributed by atoms with Gasteiger partial charge in [0, 0.05) is 31.4 Å². The molecule has 2 aliphatic heterocycles. The molecule has 2 aromatic carbocycles. The molecule has 1 saturated heterocycles. The van der Waals surface area contributed by atoms with E-state index in [4.69, 9.17) is 4.74 Å². The molecule has 5 nitrogen and oxygen atoms in total. The highest BCUT2D eigenvalue weighted by molar-refractivity contribution is 5.85. The molecule has 2 aromatic rings. The fourth-order valence-electron chi connectivity index (χ4n) is 4.64. The smallest absolute Gasteiger partial charge is 0.327 e. The van der Waals surface area contributed by atoms with Gasteiger partial charge in [0.25, 0.3) is 0 Å². The number of fused-ring (bicyclic) bond motifs is 2. The fraction of sp³-hybridized carbons (Fsp3) is 0.417. The van der Waals surface area contributed by atoms with Crippen molar-refractivity contribution < 1.29 is 14.3 Å². The van der Waals surface area contributed by atoms with E-state index in [1.807, 2.05) is 0 Å². The van der Waals surface area contributed by atoms with Gasteiger partial charge in [0.2, 0.25) is 0 Å². The lowest BCUT2D eigenvalue weighted by Crippen LogP contribution is -2.42. The van der Waals surface area contributed by atoms with Crippen LogP contribution in [-0.4, -0.2) is 43.0 Å². The number of carbonyl (C=O) groups excluding carboxylic acids is 2. The summed E-state index contributed by atoms with van der Waals surface area (Å²) in [5.41, 5.74) is 5.37. The summed E-state index contributed by atoms with van der Waals surface area (Å²) in [4.78, 5) is 27.5. The van der Waals surface area contributed by atoms with Crippen molar-refractivity contribution in [2.75, 3.05) is 31.1 Å². The van der Waals surface area contributed by atoms with Crippen LogP contribution in [0.5, 0.6) is 0 Å². The van der Waals surface area contributed by atoms with Crippen molar-refractivity contribution in [3.8, 4) is 0 Å². The van der Waals surface area contributed by atoms with Gasteiger partial charge in [-0.15, -0.1) is 0 Å². The van der Waals surface area contributed by atoms with Crippen molar-refractivity contribution in [2.24, 2.45) is 5.92 Å². The number of ether oxygens (including phenoxy) is 1. The summed E-state index contributed by atoms with van der Waals surface area (Å²) in [5, 5.41) is 0. The number of aryl methyl sites for hydroxylation is 2. The third kappa shape index (κ3) is 4.67. The first-order chi connectivity index (χ1) is 14.1. The molecule has 2 aliphatic rings. The first-order valence-electron chi connectivity index (χ1n) is 10.5. The van der Waals surface area contributed by atoms with Gasteiger partial charge in [0.15, 0.2) is 0 Å². The number of piperidine rings is 1. The van der Waals surface area contributed by atoms with Crippen LogP contribution < -0.4 is 4.90 Å². The van der Waals surface area contributed by atoms with E-state index >= 15 is 0 Å². The average molecular weight is 392 g/mol. The summed E-state index contributed by atoms with van der Waals surface area (Å²) in [6.45, 7) is 4.09. The monoisotopic (exact) mass is 392 g/mol. The van der Waals surface area contributed by atoms with Crippen molar-refractivity contribution in [1.29, 1.82) is 0 Å². The number of hydrogen-bond acceptors (Lipinski definition) is 5. The van der Waals surface area contributed by atoms with E-state index in [1.54, 1.807) is 0 Å².